The Bertz CT molecular complexity index is 992. The van der Waals surface area contributed by atoms with Crippen molar-refractivity contribution < 1.29 is 4.79 Å². The molecule has 0 saturated carbocycles. The Hall–Kier alpha value is -2.93. The van der Waals surface area contributed by atoms with Gasteiger partial charge in [0.2, 0.25) is 0 Å². The molecule has 1 saturated heterocycles. The van der Waals surface area contributed by atoms with E-state index in [1.807, 2.05) is 49.3 Å². The zero-order chi connectivity index (χ0) is 21.1. The van der Waals surface area contributed by atoms with E-state index >= 15 is 0 Å². The molecule has 0 bridgehead atoms. The summed E-state index contributed by atoms with van der Waals surface area (Å²) in [5, 5.41) is 11.8. The van der Waals surface area contributed by atoms with Crippen LogP contribution in [0.15, 0.2) is 42.6 Å². The van der Waals surface area contributed by atoms with Crippen molar-refractivity contribution in [3.8, 4) is 11.3 Å². The molecule has 3 aromatic rings. The van der Waals surface area contributed by atoms with Gasteiger partial charge >= 0.3 is 0 Å². The second kappa shape index (κ2) is 8.83. The number of hydrogen-bond acceptors (Lipinski definition) is 4. The number of carbonyl (C=O) groups excluding carboxylic acids is 1. The highest BCUT2D eigenvalue weighted by Crippen LogP contribution is 2.25. The Labute approximate surface area is 177 Å². The lowest BCUT2D eigenvalue weighted by molar-refractivity contribution is 0.0681. The van der Waals surface area contributed by atoms with Gasteiger partial charge in [0.05, 0.1) is 17.6 Å². The lowest BCUT2D eigenvalue weighted by Crippen LogP contribution is -2.43. The first-order chi connectivity index (χ1) is 14.6. The molecule has 3 heterocycles. The number of aromatic nitrogens is 4. The Morgan fingerprint density at radius 3 is 2.80 bits per heavy atom. The number of H-pyrrole nitrogens is 1. The summed E-state index contributed by atoms with van der Waals surface area (Å²) >= 11 is 0. The van der Waals surface area contributed by atoms with Crippen LogP contribution in [0.4, 0.5) is 0 Å². The topological polar surface area (TPSA) is 70.1 Å². The summed E-state index contributed by atoms with van der Waals surface area (Å²) in [6, 6.07) is 12.4. The first kappa shape index (κ1) is 20.3. The molecule has 1 atom stereocenters. The van der Waals surface area contributed by atoms with Gasteiger partial charge < -0.3 is 4.90 Å². The summed E-state index contributed by atoms with van der Waals surface area (Å²) in [5.41, 5.74) is 4.54. The molecule has 4 rings (SSSR count). The normalized spacial score (nSPS) is 16.8. The molecule has 0 aliphatic carbocycles. The highest BCUT2D eigenvalue weighted by atomic mass is 16.2. The molecule has 1 aliphatic rings. The van der Waals surface area contributed by atoms with Crippen molar-refractivity contribution in [1.82, 2.24) is 29.8 Å². The molecule has 7 heteroatoms. The number of nitrogens with one attached hydrogen (secondary N) is 1. The third-order valence-electron chi connectivity index (χ3n) is 5.99. The van der Waals surface area contributed by atoms with Gasteiger partial charge in [-0.2, -0.15) is 10.2 Å². The van der Waals surface area contributed by atoms with Crippen molar-refractivity contribution in [2.45, 2.75) is 39.3 Å². The zero-order valence-electron chi connectivity index (χ0n) is 18.0. The number of aromatic amines is 1. The second-order valence-corrected chi connectivity index (χ2v) is 8.04. The zero-order valence-corrected chi connectivity index (χ0v) is 18.0. The fraction of sp³-hybridized carbons (Fsp3) is 0.435. The minimum atomic E-state index is 0.0151. The fourth-order valence-corrected chi connectivity index (χ4v) is 4.46. The molecule has 2 aromatic heterocycles. The van der Waals surface area contributed by atoms with Crippen LogP contribution in [0.2, 0.25) is 0 Å². The number of amides is 1. The smallest absolute Gasteiger partial charge is 0.272 e. The standard InChI is InChI=1S/C23H30N6O/c1-4-28-12-8-11-20(28)16-29(23(30)21-13-17(2)26-27(21)3)15-19-14-24-25-22(19)18-9-6-5-7-10-18/h5-7,9-10,13-14,20H,4,8,11-12,15-16H2,1-3H3,(H,24,25)/t20-/m1/s1. The van der Waals surface area contributed by atoms with E-state index in [2.05, 4.69) is 39.3 Å². The van der Waals surface area contributed by atoms with Crippen LogP contribution in [0.5, 0.6) is 0 Å². The molecule has 30 heavy (non-hydrogen) atoms. The Kier molecular flexibility index (Phi) is 5.99. The van der Waals surface area contributed by atoms with Crippen LogP contribution in [0.3, 0.4) is 0 Å². The summed E-state index contributed by atoms with van der Waals surface area (Å²) in [4.78, 5) is 18.0. The van der Waals surface area contributed by atoms with Crippen molar-refractivity contribution in [1.29, 1.82) is 0 Å². The van der Waals surface area contributed by atoms with E-state index in [0.717, 1.165) is 42.0 Å². The van der Waals surface area contributed by atoms with Gasteiger partial charge in [-0.3, -0.25) is 19.5 Å². The highest BCUT2D eigenvalue weighted by molar-refractivity contribution is 5.92. The molecule has 0 spiro atoms. The SMILES string of the molecule is CCN1CCC[C@@H]1CN(Cc1cn[nH]c1-c1ccccc1)C(=O)c1cc(C)nn1C. The number of rotatable bonds is 7. The number of benzene rings is 1. The minimum absolute atomic E-state index is 0.0151. The van der Waals surface area contributed by atoms with Gasteiger partial charge in [0.25, 0.3) is 5.91 Å². The van der Waals surface area contributed by atoms with Crippen LogP contribution in [-0.2, 0) is 13.6 Å². The lowest BCUT2D eigenvalue weighted by Gasteiger charge is -2.30. The highest BCUT2D eigenvalue weighted by Gasteiger charge is 2.29. The second-order valence-electron chi connectivity index (χ2n) is 8.04. The summed E-state index contributed by atoms with van der Waals surface area (Å²) in [6.45, 7) is 7.45. The monoisotopic (exact) mass is 406 g/mol. The average molecular weight is 407 g/mol. The molecule has 0 unspecified atom stereocenters. The maximum Gasteiger partial charge on any atom is 0.272 e. The molecular weight excluding hydrogens is 376 g/mol. The maximum absolute atomic E-state index is 13.6. The number of likely N-dealkylation sites (N-methyl/N-ethyl adjacent to an activating group) is 1. The van der Waals surface area contributed by atoms with Crippen LogP contribution in [0.1, 0.15) is 41.5 Å². The van der Waals surface area contributed by atoms with Crippen molar-refractivity contribution in [3.05, 3.63) is 59.5 Å². The molecule has 1 aliphatic heterocycles. The van der Waals surface area contributed by atoms with Crippen LogP contribution in [0, 0.1) is 6.92 Å². The number of likely N-dealkylation sites (tertiary alicyclic amines) is 1. The molecule has 1 amide bonds. The van der Waals surface area contributed by atoms with Gasteiger partial charge in [0, 0.05) is 31.7 Å². The summed E-state index contributed by atoms with van der Waals surface area (Å²) in [7, 11) is 1.83. The predicted octanol–water partition coefficient (Wildman–Crippen LogP) is 3.25. The van der Waals surface area contributed by atoms with Gasteiger partial charge in [0.15, 0.2) is 0 Å². The van der Waals surface area contributed by atoms with Gasteiger partial charge in [-0.25, -0.2) is 0 Å². The van der Waals surface area contributed by atoms with Gasteiger partial charge in [-0.1, -0.05) is 37.3 Å². The maximum atomic E-state index is 13.6. The van der Waals surface area contributed by atoms with Crippen LogP contribution in [-0.4, -0.2) is 61.4 Å². The van der Waals surface area contributed by atoms with Gasteiger partial charge in [-0.05, 0) is 44.5 Å². The minimum Gasteiger partial charge on any atom is -0.331 e. The van der Waals surface area contributed by atoms with E-state index in [9.17, 15) is 4.79 Å². The van der Waals surface area contributed by atoms with E-state index in [4.69, 9.17) is 0 Å². The Morgan fingerprint density at radius 1 is 1.30 bits per heavy atom. The quantitative estimate of drug-likeness (QED) is 0.654. The number of aryl methyl sites for hydroxylation is 2. The van der Waals surface area contributed by atoms with E-state index in [1.165, 1.54) is 6.42 Å². The van der Waals surface area contributed by atoms with Crippen molar-refractivity contribution in [3.63, 3.8) is 0 Å². The van der Waals surface area contributed by atoms with E-state index in [0.29, 0.717) is 24.8 Å². The first-order valence-electron chi connectivity index (χ1n) is 10.7. The van der Waals surface area contributed by atoms with E-state index in [-0.39, 0.29) is 5.91 Å². The van der Waals surface area contributed by atoms with Crippen LogP contribution >= 0.6 is 0 Å². The Morgan fingerprint density at radius 2 is 2.10 bits per heavy atom. The summed E-state index contributed by atoms with van der Waals surface area (Å²) < 4.78 is 1.68. The lowest BCUT2D eigenvalue weighted by atomic mass is 10.1. The number of nitrogens with zero attached hydrogens (tertiary/aromatic N) is 5. The molecular formula is C23H30N6O. The summed E-state index contributed by atoms with van der Waals surface area (Å²) in [5.74, 6) is 0.0151. The van der Waals surface area contributed by atoms with Gasteiger partial charge in [0.1, 0.15) is 5.69 Å². The van der Waals surface area contributed by atoms with Crippen LogP contribution in [0.25, 0.3) is 11.3 Å². The van der Waals surface area contributed by atoms with Crippen LogP contribution < -0.4 is 0 Å². The van der Waals surface area contributed by atoms with Crippen molar-refractivity contribution >= 4 is 5.91 Å². The molecule has 158 valence electrons. The first-order valence-corrected chi connectivity index (χ1v) is 10.7. The number of hydrogen-bond donors (Lipinski definition) is 1. The van der Waals surface area contributed by atoms with Crippen molar-refractivity contribution in [2.75, 3.05) is 19.6 Å². The Balaban J connectivity index is 1.63. The third-order valence-corrected chi connectivity index (χ3v) is 5.99. The molecule has 1 fully saturated rings. The number of carbonyl (C=O) groups is 1. The molecule has 1 N–H and O–H groups in total. The van der Waals surface area contributed by atoms with Gasteiger partial charge in [-0.15, -0.1) is 0 Å². The molecule has 1 aromatic carbocycles. The van der Waals surface area contributed by atoms with Crippen molar-refractivity contribution in [2.24, 2.45) is 7.05 Å². The molecule has 0 radical (unpaired) electrons. The largest absolute Gasteiger partial charge is 0.331 e. The third kappa shape index (κ3) is 4.16. The van der Waals surface area contributed by atoms with E-state index < -0.39 is 0 Å². The fourth-order valence-electron chi connectivity index (χ4n) is 4.46. The predicted molar refractivity (Wildman–Crippen MR) is 117 cm³/mol. The van der Waals surface area contributed by atoms with E-state index in [1.54, 1.807) is 4.68 Å². The molecule has 7 nitrogen and oxygen atoms in total. The summed E-state index contributed by atoms with van der Waals surface area (Å²) in [6.07, 6.45) is 4.15. The average Bonchev–Trinajstić information content (AvgIpc) is 3.47.